The quantitative estimate of drug-likeness (QED) is 0.285. The molecule has 0 unspecified atom stereocenters. The molecule has 0 saturated heterocycles. The summed E-state index contributed by atoms with van der Waals surface area (Å²) < 4.78 is 19.7. The van der Waals surface area contributed by atoms with Crippen molar-refractivity contribution in [3.63, 3.8) is 0 Å². The molecule has 1 heterocycles. The van der Waals surface area contributed by atoms with Gasteiger partial charge in [-0.15, -0.1) is 0 Å². The molecule has 32 heavy (non-hydrogen) atoms. The minimum atomic E-state index is 0.383. The van der Waals surface area contributed by atoms with Gasteiger partial charge in [0.25, 0.3) is 0 Å². The molecule has 0 spiro atoms. The van der Waals surface area contributed by atoms with Gasteiger partial charge in [-0.1, -0.05) is 36.4 Å². The number of benzene rings is 3. The fourth-order valence-electron chi connectivity index (χ4n) is 3.78. The van der Waals surface area contributed by atoms with E-state index in [0.717, 1.165) is 53.5 Å². The van der Waals surface area contributed by atoms with Crippen LogP contribution < -0.4 is 14.2 Å². The number of nitrogens with zero attached hydrogens (tertiary/aromatic N) is 2. The molecule has 0 aliphatic heterocycles. The fraction of sp³-hybridized carbons (Fsp3) is 0.296. The van der Waals surface area contributed by atoms with Gasteiger partial charge in [-0.2, -0.15) is 0 Å². The van der Waals surface area contributed by atoms with E-state index < -0.39 is 0 Å². The van der Waals surface area contributed by atoms with E-state index in [2.05, 4.69) is 48.7 Å². The summed E-state index contributed by atoms with van der Waals surface area (Å²) in [6, 6.07) is 22.2. The number of methoxy groups -OCH3 is 1. The van der Waals surface area contributed by atoms with Crippen LogP contribution in [0.1, 0.15) is 29.8 Å². The zero-order chi connectivity index (χ0) is 22.3. The highest BCUT2D eigenvalue weighted by Crippen LogP contribution is 2.27. The summed E-state index contributed by atoms with van der Waals surface area (Å²) in [5.41, 5.74) is 4.50. The van der Waals surface area contributed by atoms with E-state index in [0.29, 0.717) is 13.2 Å². The molecule has 0 fully saturated rings. The molecule has 0 saturated carbocycles. The zero-order valence-corrected chi connectivity index (χ0v) is 19.0. The maximum absolute atomic E-state index is 6.06. The SMILES string of the molecule is COc1ccccc1OCc1nc2ccccc2n1CCCCOc1cc(C)ccc1C. The standard InChI is InChI=1S/C27H30N2O3/c1-20-14-15-21(2)26(18-20)31-17-9-8-16-29-23-11-5-4-10-22(23)28-27(29)19-32-25-13-7-6-12-24(25)30-3/h4-7,10-15,18H,8-9,16-17,19H2,1-3H3. The molecule has 4 rings (SSSR count). The van der Waals surface area contributed by atoms with Crippen molar-refractivity contribution < 1.29 is 14.2 Å². The lowest BCUT2D eigenvalue weighted by atomic mass is 10.1. The Hall–Kier alpha value is -3.47. The zero-order valence-electron chi connectivity index (χ0n) is 19.0. The molecule has 3 aromatic carbocycles. The van der Waals surface area contributed by atoms with Crippen molar-refractivity contribution in [2.45, 2.75) is 39.8 Å². The van der Waals surface area contributed by atoms with Crippen molar-refractivity contribution in [1.82, 2.24) is 9.55 Å². The number of unbranched alkanes of at least 4 members (excludes halogenated alkanes) is 1. The van der Waals surface area contributed by atoms with Crippen LogP contribution in [-0.4, -0.2) is 23.3 Å². The van der Waals surface area contributed by atoms with Crippen LogP contribution in [-0.2, 0) is 13.2 Å². The Labute approximate surface area is 189 Å². The number of hydrogen-bond donors (Lipinski definition) is 0. The lowest BCUT2D eigenvalue weighted by Gasteiger charge is -2.13. The molecular weight excluding hydrogens is 400 g/mol. The van der Waals surface area contributed by atoms with E-state index >= 15 is 0 Å². The largest absolute Gasteiger partial charge is 0.493 e. The molecule has 0 atom stereocenters. The second-order valence-corrected chi connectivity index (χ2v) is 7.93. The smallest absolute Gasteiger partial charge is 0.161 e. The molecule has 1 aromatic heterocycles. The van der Waals surface area contributed by atoms with Gasteiger partial charge in [0.15, 0.2) is 11.5 Å². The van der Waals surface area contributed by atoms with Crippen LogP contribution in [0.3, 0.4) is 0 Å². The van der Waals surface area contributed by atoms with Gasteiger partial charge in [-0.25, -0.2) is 4.98 Å². The maximum atomic E-state index is 6.06. The second kappa shape index (κ2) is 10.2. The minimum absolute atomic E-state index is 0.383. The van der Waals surface area contributed by atoms with Crippen LogP contribution in [0.2, 0.25) is 0 Å². The van der Waals surface area contributed by atoms with E-state index in [-0.39, 0.29) is 0 Å². The van der Waals surface area contributed by atoms with Crippen LogP contribution in [0.25, 0.3) is 11.0 Å². The Morgan fingerprint density at radius 1 is 0.812 bits per heavy atom. The van der Waals surface area contributed by atoms with Crippen molar-refractivity contribution in [1.29, 1.82) is 0 Å². The monoisotopic (exact) mass is 430 g/mol. The van der Waals surface area contributed by atoms with Crippen LogP contribution in [0.5, 0.6) is 17.2 Å². The first-order valence-electron chi connectivity index (χ1n) is 11.1. The topological polar surface area (TPSA) is 45.5 Å². The van der Waals surface area contributed by atoms with E-state index in [1.165, 1.54) is 11.1 Å². The van der Waals surface area contributed by atoms with Gasteiger partial charge >= 0.3 is 0 Å². The summed E-state index contributed by atoms with van der Waals surface area (Å²) in [5, 5.41) is 0. The van der Waals surface area contributed by atoms with Crippen LogP contribution >= 0.6 is 0 Å². The van der Waals surface area contributed by atoms with E-state index in [9.17, 15) is 0 Å². The average Bonchev–Trinajstić information content (AvgIpc) is 3.17. The van der Waals surface area contributed by atoms with Crippen LogP contribution in [0.15, 0.2) is 66.7 Å². The van der Waals surface area contributed by atoms with E-state index in [4.69, 9.17) is 19.2 Å². The molecule has 0 aliphatic carbocycles. The molecule has 166 valence electrons. The number of hydrogen-bond acceptors (Lipinski definition) is 4. The van der Waals surface area contributed by atoms with Gasteiger partial charge in [0.1, 0.15) is 18.2 Å². The van der Waals surface area contributed by atoms with Crippen molar-refractivity contribution >= 4 is 11.0 Å². The van der Waals surface area contributed by atoms with Crippen molar-refractivity contribution in [3.05, 3.63) is 83.7 Å². The number of ether oxygens (including phenoxy) is 3. The number of imidazole rings is 1. The predicted molar refractivity (Wildman–Crippen MR) is 128 cm³/mol. The van der Waals surface area contributed by atoms with Gasteiger partial charge in [-0.05, 0) is 68.1 Å². The van der Waals surface area contributed by atoms with Gasteiger partial charge < -0.3 is 18.8 Å². The van der Waals surface area contributed by atoms with Crippen LogP contribution in [0.4, 0.5) is 0 Å². The molecule has 5 heteroatoms. The van der Waals surface area contributed by atoms with Crippen molar-refractivity contribution in [2.75, 3.05) is 13.7 Å². The Morgan fingerprint density at radius 2 is 1.59 bits per heavy atom. The van der Waals surface area contributed by atoms with Gasteiger partial charge in [0.05, 0.1) is 24.8 Å². The average molecular weight is 431 g/mol. The Morgan fingerprint density at radius 3 is 2.44 bits per heavy atom. The number of rotatable bonds is 10. The maximum Gasteiger partial charge on any atom is 0.161 e. The van der Waals surface area contributed by atoms with E-state index in [1.807, 2.05) is 36.4 Å². The number of para-hydroxylation sites is 4. The number of aryl methyl sites for hydroxylation is 3. The Kier molecular flexibility index (Phi) is 6.95. The molecule has 4 aromatic rings. The number of fused-ring (bicyclic) bond motifs is 1. The molecule has 0 radical (unpaired) electrons. The summed E-state index contributed by atoms with van der Waals surface area (Å²) in [6.45, 7) is 6.12. The number of aromatic nitrogens is 2. The first-order valence-corrected chi connectivity index (χ1v) is 11.1. The molecule has 0 amide bonds. The minimum Gasteiger partial charge on any atom is -0.493 e. The molecular formula is C27H30N2O3. The highest BCUT2D eigenvalue weighted by Gasteiger charge is 2.12. The lowest BCUT2D eigenvalue weighted by Crippen LogP contribution is -2.09. The Balaban J connectivity index is 1.40. The van der Waals surface area contributed by atoms with Crippen molar-refractivity contribution in [2.24, 2.45) is 0 Å². The predicted octanol–water partition coefficient (Wildman–Crippen LogP) is 6.10. The summed E-state index contributed by atoms with van der Waals surface area (Å²) in [6.07, 6.45) is 1.96. The normalized spacial score (nSPS) is 11.0. The summed E-state index contributed by atoms with van der Waals surface area (Å²) in [7, 11) is 1.65. The molecule has 0 aliphatic rings. The third-order valence-electron chi connectivity index (χ3n) is 5.54. The van der Waals surface area contributed by atoms with Crippen LogP contribution in [0, 0.1) is 13.8 Å². The third-order valence-corrected chi connectivity index (χ3v) is 5.54. The summed E-state index contributed by atoms with van der Waals surface area (Å²) in [5.74, 6) is 3.32. The fourth-order valence-corrected chi connectivity index (χ4v) is 3.78. The first-order chi connectivity index (χ1) is 15.7. The van der Waals surface area contributed by atoms with E-state index in [1.54, 1.807) is 7.11 Å². The third kappa shape index (κ3) is 5.05. The highest BCUT2D eigenvalue weighted by atomic mass is 16.5. The Bertz CT molecular complexity index is 1180. The first kappa shape index (κ1) is 21.8. The lowest BCUT2D eigenvalue weighted by molar-refractivity contribution is 0.269. The van der Waals surface area contributed by atoms with Crippen molar-refractivity contribution in [3.8, 4) is 17.2 Å². The van der Waals surface area contributed by atoms with Gasteiger partial charge in [0.2, 0.25) is 0 Å². The highest BCUT2D eigenvalue weighted by molar-refractivity contribution is 5.75. The molecule has 5 nitrogen and oxygen atoms in total. The van der Waals surface area contributed by atoms with Gasteiger partial charge in [0, 0.05) is 6.54 Å². The molecule has 0 N–H and O–H groups in total. The second-order valence-electron chi connectivity index (χ2n) is 7.93. The summed E-state index contributed by atoms with van der Waals surface area (Å²) in [4.78, 5) is 4.82. The molecule has 0 bridgehead atoms. The van der Waals surface area contributed by atoms with Gasteiger partial charge in [-0.3, -0.25) is 0 Å². The summed E-state index contributed by atoms with van der Waals surface area (Å²) >= 11 is 0.